The average Bonchev–Trinajstić information content (AvgIpc) is 2.70. The maximum Gasteiger partial charge on any atom is 0.263 e. The molecule has 1 aromatic heterocycles. The molecule has 5 nitrogen and oxygen atoms in total. The molecule has 0 bridgehead atoms. The van der Waals surface area contributed by atoms with Crippen molar-refractivity contribution in [3.05, 3.63) is 34.3 Å². The summed E-state index contributed by atoms with van der Waals surface area (Å²) in [6, 6.07) is 1.98. The molecule has 0 unspecified atom stereocenters. The van der Waals surface area contributed by atoms with Gasteiger partial charge in [0.05, 0.1) is 5.69 Å². The second-order valence-corrected chi connectivity index (χ2v) is 4.59. The highest BCUT2D eigenvalue weighted by Gasteiger charge is 2.20. The molecule has 0 atom stereocenters. The zero-order chi connectivity index (χ0) is 13.3. The summed E-state index contributed by atoms with van der Waals surface area (Å²) in [5, 5.41) is 10.3. The number of rotatable bonds is 2. The maximum absolute atomic E-state index is 13.6. The van der Waals surface area contributed by atoms with Gasteiger partial charge >= 0.3 is 0 Å². The number of hydrogen-bond acceptors (Lipinski definition) is 5. The zero-order valence-corrected chi connectivity index (χ0v) is 10.0. The van der Waals surface area contributed by atoms with Gasteiger partial charge in [-0.15, -0.1) is 10.2 Å². The maximum atomic E-state index is 13.6. The molecule has 94 valence electrons. The first-order valence-electron chi connectivity index (χ1n) is 4.84. The summed E-state index contributed by atoms with van der Waals surface area (Å²) >= 11 is 1.10. The third-order valence-corrected chi connectivity index (χ3v) is 2.85. The van der Waals surface area contributed by atoms with E-state index in [1.54, 1.807) is 6.92 Å². The quantitative estimate of drug-likeness (QED) is 0.817. The molecule has 0 aliphatic carbocycles. The van der Waals surface area contributed by atoms with Gasteiger partial charge in [-0.1, -0.05) is 11.3 Å². The predicted octanol–water partition coefficient (Wildman–Crippen LogP) is 1.96. The van der Waals surface area contributed by atoms with E-state index in [-0.39, 0.29) is 10.8 Å². The number of halogens is 2. The van der Waals surface area contributed by atoms with Crippen LogP contribution < -0.4 is 11.1 Å². The first-order valence-corrected chi connectivity index (χ1v) is 5.65. The van der Waals surface area contributed by atoms with Gasteiger partial charge in [0, 0.05) is 0 Å². The molecule has 0 aliphatic heterocycles. The monoisotopic (exact) mass is 270 g/mol. The summed E-state index contributed by atoms with van der Waals surface area (Å²) in [4.78, 5) is 11.7. The van der Waals surface area contributed by atoms with E-state index in [1.807, 2.05) is 0 Å². The molecule has 18 heavy (non-hydrogen) atoms. The molecule has 1 amide bonds. The number of carbonyl (C=O) groups excluding carboxylic acids is 1. The van der Waals surface area contributed by atoms with Crippen molar-refractivity contribution in [2.24, 2.45) is 0 Å². The highest BCUT2D eigenvalue weighted by atomic mass is 32.1. The molecule has 2 aromatic rings. The van der Waals surface area contributed by atoms with Crippen LogP contribution in [0.25, 0.3) is 0 Å². The van der Waals surface area contributed by atoms with Crippen LogP contribution in [-0.4, -0.2) is 16.1 Å². The Labute approximate surface area is 105 Å². The fraction of sp³-hybridized carbons (Fsp3) is 0.100. The summed E-state index contributed by atoms with van der Waals surface area (Å²) < 4.78 is 27.0. The molecular weight excluding hydrogens is 262 g/mol. The van der Waals surface area contributed by atoms with Crippen LogP contribution in [0.5, 0.6) is 0 Å². The van der Waals surface area contributed by atoms with Crippen LogP contribution in [0.2, 0.25) is 0 Å². The van der Waals surface area contributed by atoms with Crippen LogP contribution in [-0.2, 0) is 0 Å². The Morgan fingerprint density at radius 1 is 1.39 bits per heavy atom. The van der Waals surface area contributed by atoms with E-state index in [0.717, 1.165) is 23.5 Å². The first kappa shape index (κ1) is 12.4. The molecule has 0 saturated heterocycles. The van der Waals surface area contributed by atoms with Crippen molar-refractivity contribution in [1.82, 2.24) is 10.2 Å². The molecule has 3 N–H and O–H groups in total. The van der Waals surface area contributed by atoms with Crippen LogP contribution in [0, 0.1) is 18.6 Å². The SMILES string of the molecule is Cc1nnc(NC(=O)c2c(F)ccc(N)c2F)s1. The number of carbonyl (C=O) groups is 1. The van der Waals surface area contributed by atoms with Crippen LogP contribution in [0.4, 0.5) is 19.6 Å². The fourth-order valence-electron chi connectivity index (χ4n) is 1.28. The van der Waals surface area contributed by atoms with Gasteiger partial charge in [0.25, 0.3) is 5.91 Å². The second kappa shape index (κ2) is 4.65. The molecule has 0 spiro atoms. The number of nitrogens with zero attached hydrogens (tertiary/aromatic N) is 2. The zero-order valence-electron chi connectivity index (χ0n) is 9.20. The third kappa shape index (κ3) is 2.28. The summed E-state index contributed by atoms with van der Waals surface area (Å²) in [7, 11) is 0. The van der Waals surface area contributed by atoms with E-state index >= 15 is 0 Å². The number of benzene rings is 1. The number of nitrogens with two attached hydrogens (primary N) is 1. The molecule has 8 heteroatoms. The summed E-state index contributed by atoms with van der Waals surface area (Å²) in [5.41, 5.74) is 4.25. The van der Waals surface area contributed by atoms with Crippen molar-refractivity contribution >= 4 is 28.1 Å². The third-order valence-electron chi connectivity index (χ3n) is 2.09. The van der Waals surface area contributed by atoms with Crippen molar-refractivity contribution in [2.75, 3.05) is 11.1 Å². The van der Waals surface area contributed by atoms with E-state index in [2.05, 4.69) is 15.5 Å². The predicted molar refractivity (Wildman–Crippen MR) is 63.4 cm³/mol. The number of amides is 1. The van der Waals surface area contributed by atoms with Crippen LogP contribution in [0.3, 0.4) is 0 Å². The molecular formula is C10H8F2N4OS. The molecule has 0 fully saturated rings. The molecule has 1 aromatic carbocycles. The highest BCUT2D eigenvalue weighted by molar-refractivity contribution is 7.15. The Kier molecular flexibility index (Phi) is 3.19. The lowest BCUT2D eigenvalue weighted by molar-refractivity contribution is 0.101. The van der Waals surface area contributed by atoms with Crippen molar-refractivity contribution in [1.29, 1.82) is 0 Å². The standard InChI is InChI=1S/C10H8F2N4OS/c1-4-15-16-10(18-4)14-9(17)7-5(11)2-3-6(13)8(7)12/h2-3H,13H2,1H3,(H,14,16,17). The van der Waals surface area contributed by atoms with Gasteiger partial charge in [-0.2, -0.15) is 0 Å². The van der Waals surface area contributed by atoms with E-state index in [0.29, 0.717) is 5.01 Å². The van der Waals surface area contributed by atoms with Crippen LogP contribution >= 0.6 is 11.3 Å². The topological polar surface area (TPSA) is 80.9 Å². The Hall–Kier alpha value is -2.09. The average molecular weight is 270 g/mol. The van der Waals surface area contributed by atoms with Crippen LogP contribution in [0.15, 0.2) is 12.1 Å². The summed E-state index contributed by atoms with van der Waals surface area (Å²) in [6.45, 7) is 1.69. The highest BCUT2D eigenvalue weighted by Crippen LogP contribution is 2.21. The Bertz CT molecular complexity index is 614. The summed E-state index contributed by atoms with van der Waals surface area (Å²) in [6.07, 6.45) is 0. The Morgan fingerprint density at radius 2 is 2.11 bits per heavy atom. The Balaban J connectivity index is 2.32. The smallest absolute Gasteiger partial charge is 0.263 e. The number of nitrogen functional groups attached to an aromatic ring is 1. The molecule has 0 saturated carbocycles. The van der Waals surface area contributed by atoms with Gasteiger partial charge in [-0.3, -0.25) is 10.1 Å². The summed E-state index contributed by atoms with van der Waals surface area (Å²) in [5.74, 6) is -3.03. The van der Waals surface area contributed by atoms with Crippen molar-refractivity contribution in [3.63, 3.8) is 0 Å². The number of nitrogens with one attached hydrogen (secondary N) is 1. The second-order valence-electron chi connectivity index (χ2n) is 3.41. The van der Waals surface area contributed by atoms with Gasteiger partial charge < -0.3 is 5.73 Å². The fourth-order valence-corrected chi connectivity index (χ4v) is 1.87. The lowest BCUT2D eigenvalue weighted by atomic mass is 10.1. The minimum absolute atomic E-state index is 0.165. The normalized spacial score (nSPS) is 10.4. The van der Waals surface area contributed by atoms with Gasteiger partial charge in [0.15, 0.2) is 5.82 Å². The number of anilines is 2. The van der Waals surface area contributed by atoms with Crippen molar-refractivity contribution in [2.45, 2.75) is 6.92 Å². The van der Waals surface area contributed by atoms with E-state index in [1.165, 1.54) is 0 Å². The first-order chi connectivity index (χ1) is 8.49. The van der Waals surface area contributed by atoms with E-state index in [9.17, 15) is 13.6 Å². The number of aryl methyl sites for hydroxylation is 1. The van der Waals surface area contributed by atoms with E-state index in [4.69, 9.17) is 5.73 Å². The number of aromatic nitrogens is 2. The van der Waals surface area contributed by atoms with E-state index < -0.39 is 23.1 Å². The van der Waals surface area contributed by atoms with Gasteiger partial charge in [-0.05, 0) is 19.1 Å². The molecule has 2 rings (SSSR count). The van der Waals surface area contributed by atoms with Gasteiger partial charge in [-0.25, -0.2) is 8.78 Å². The lowest BCUT2D eigenvalue weighted by Crippen LogP contribution is -2.16. The minimum atomic E-state index is -1.09. The molecule has 1 heterocycles. The lowest BCUT2D eigenvalue weighted by Gasteiger charge is -2.05. The molecule has 0 radical (unpaired) electrons. The molecule has 0 aliphatic rings. The largest absolute Gasteiger partial charge is 0.396 e. The Morgan fingerprint density at radius 3 is 2.72 bits per heavy atom. The number of hydrogen-bond donors (Lipinski definition) is 2. The van der Waals surface area contributed by atoms with Gasteiger partial charge in [0.1, 0.15) is 16.4 Å². The van der Waals surface area contributed by atoms with Gasteiger partial charge in [0.2, 0.25) is 5.13 Å². The van der Waals surface area contributed by atoms with Crippen molar-refractivity contribution < 1.29 is 13.6 Å². The minimum Gasteiger partial charge on any atom is -0.396 e. The van der Waals surface area contributed by atoms with Crippen molar-refractivity contribution in [3.8, 4) is 0 Å². The van der Waals surface area contributed by atoms with Crippen LogP contribution in [0.1, 0.15) is 15.4 Å².